The molecule has 5 nitrogen and oxygen atoms in total. The minimum absolute atomic E-state index is 0.112. The molecule has 1 aromatic carbocycles. The van der Waals surface area contributed by atoms with Gasteiger partial charge < -0.3 is 15.0 Å². The molecule has 0 fully saturated rings. The van der Waals surface area contributed by atoms with Crippen molar-refractivity contribution in [1.82, 2.24) is 10.3 Å². The molecule has 2 rings (SSSR count). The summed E-state index contributed by atoms with van der Waals surface area (Å²) in [5, 5.41) is 3.04. The first-order chi connectivity index (χ1) is 11.4. The number of Topliss-reactive ketones (excluding diaryl/α,β-unsaturated/α-hetero) is 1. The maximum atomic E-state index is 12.9. The SMILES string of the molecule is CCOC(=O)c1[nH]c(C)c(C(=O)CNCc2ccc(F)cc2)c1C. The van der Waals surface area contributed by atoms with Crippen LogP contribution in [0.4, 0.5) is 4.39 Å². The Balaban J connectivity index is 2.02. The molecule has 1 aromatic heterocycles. The lowest BCUT2D eigenvalue weighted by molar-refractivity contribution is 0.0519. The number of aromatic nitrogens is 1. The van der Waals surface area contributed by atoms with E-state index in [0.29, 0.717) is 29.1 Å². The average molecular weight is 332 g/mol. The maximum Gasteiger partial charge on any atom is 0.355 e. The van der Waals surface area contributed by atoms with E-state index in [-0.39, 0.29) is 24.8 Å². The van der Waals surface area contributed by atoms with Crippen molar-refractivity contribution in [1.29, 1.82) is 0 Å². The summed E-state index contributed by atoms with van der Waals surface area (Å²) in [5.74, 6) is -0.866. The van der Waals surface area contributed by atoms with E-state index in [0.717, 1.165) is 5.56 Å². The van der Waals surface area contributed by atoms with Gasteiger partial charge in [0, 0.05) is 17.8 Å². The number of ketones is 1. The van der Waals surface area contributed by atoms with E-state index >= 15 is 0 Å². The maximum absolute atomic E-state index is 12.9. The van der Waals surface area contributed by atoms with E-state index < -0.39 is 5.97 Å². The van der Waals surface area contributed by atoms with Crippen LogP contribution < -0.4 is 5.32 Å². The van der Waals surface area contributed by atoms with Crippen molar-refractivity contribution in [3.63, 3.8) is 0 Å². The quantitative estimate of drug-likeness (QED) is 0.604. The van der Waals surface area contributed by atoms with Crippen LogP contribution in [0.5, 0.6) is 0 Å². The number of benzene rings is 1. The van der Waals surface area contributed by atoms with Crippen molar-refractivity contribution in [2.45, 2.75) is 27.3 Å². The Bertz CT molecular complexity index is 735. The number of carbonyl (C=O) groups excluding carboxylic acids is 2. The number of ether oxygens (including phenoxy) is 1. The van der Waals surface area contributed by atoms with Crippen LogP contribution in [-0.2, 0) is 11.3 Å². The van der Waals surface area contributed by atoms with Gasteiger partial charge in [-0.3, -0.25) is 4.79 Å². The molecule has 2 aromatic rings. The van der Waals surface area contributed by atoms with Gasteiger partial charge in [-0.1, -0.05) is 12.1 Å². The number of hydrogen-bond acceptors (Lipinski definition) is 4. The summed E-state index contributed by atoms with van der Waals surface area (Å²) in [6, 6.07) is 6.09. The number of aromatic amines is 1. The first-order valence-corrected chi connectivity index (χ1v) is 7.78. The van der Waals surface area contributed by atoms with Gasteiger partial charge in [-0.2, -0.15) is 0 Å². The monoisotopic (exact) mass is 332 g/mol. The molecule has 0 amide bonds. The lowest BCUT2D eigenvalue weighted by Crippen LogP contribution is -2.23. The van der Waals surface area contributed by atoms with E-state index in [2.05, 4.69) is 10.3 Å². The highest BCUT2D eigenvalue weighted by molar-refractivity contribution is 6.03. The summed E-state index contributed by atoms with van der Waals surface area (Å²) < 4.78 is 17.8. The Kier molecular flexibility index (Phi) is 5.87. The molecule has 0 saturated carbocycles. The zero-order valence-corrected chi connectivity index (χ0v) is 14.0. The smallest absolute Gasteiger partial charge is 0.355 e. The number of rotatable bonds is 7. The summed E-state index contributed by atoms with van der Waals surface area (Å²) >= 11 is 0. The topological polar surface area (TPSA) is 71.2 Å². The van der Waals surface area contributed by atoms with Crippen molar-refractivity contribution in [2.24, 2.45) is 0 Å². The normalized spacial score (nSPS) is 10.7. The van der Waals surface area contributed by atoms with Crippen molar-refractivity contribution in [2.75, 3.05) is 13.2 Å². The third-order valence-corrected chi connectivity index (χ3v) is 3.72. The summed E-state index contributed by atoms with van der Waals surface area (Å²) in [7, 11) is 0. The minimum Gasteiger partial charge on any atom is -0.461 e. The predicted molar refractivity (Wildman–Crippen MR) is 88.7 cm³/mol. The molecule has 1 heterocycles. The summed E-state index contributed by atoms with van der Waals surface area (Å²) in [6.07, 6.45) is 0. The molecular weight excluding hydrogens is 311 g/mol. The highest BCUT2D eigenvalue weighted by atomic mass is 19.1. The van der Waals surface area contributed by atoms with Crippen molar-refractivity contribution < 1.29 is 18.7 Å². The fourth-order valence-corrected chi connectivity index (χ4v) is 2.59. The van der Waals surface area contributed by atoms with Crippen LogP contribution in [0.1, 0.15) is 44.6 Å². The Morgan fingerprint density at radius 2 is 1.88 bits per heavy atom. The number of hydrogen-bond donors (Lipinski definition) is 2. The molecule has 0 radical (unpaired) electrons. The van der Waals surface area contributed by atoms with Gasteiger partial charge in [0.15, 0.2) is 5.78 Å². The summed E-state index contributed by atoms with van der Waals surface area (Å²) in [6.45, 7) is 6.07. The number of esters is 1. The highest BCUT2D eigenvalue weighted by Crippen LogP contribution is 2.19. The van der Waals surface area contributed by atoms with E-state index in [1.807, 2.05) is 0 Å². The highest BCUT2D eigenvalue weighted by Gasteiger charge is 2.22. The Morgan fingerprint density at radius 1 is 1.21 bits per heavy atom. The zero-order chi connectivity index (χ0) is 17.7. The molecule has 0 aliphatic carbocycles. The van der Waals surface area contributed by atoms with Crippen LogP contribution in [0.15, 0.2) is 24.3 Å². The lowest BCUT2D eigenvalue weighted by Gasteiger charge is -2.06. The van der Waals surface area contributed by atoms with Gasteiger partial charge in [0.05, 0.1) is 13.2 Å². The molecule has 6 heteroatoms. The van der Waals surface area contributed by atoms with Crippen LogP contribution in [0, 0.1) is 19.7 Å². The number of H-pyrrole nitrogens is 1. The zero-order valence-electron chi connectivity index (χ0n) is 14.0. The van der Waals surface area contributed by atoms with Gasteiger partial charge >= 0.3 is 5.97 Å². The second kappa shape index (κ2) is 7.88. The van der Waals surface area contributed by atoms with Crippen LogP contribution >= 0.6 is 0 Å². The van der Waals surface area contributed by atoms with E-state index in [4.69, 9.17) is 4.74 Å². The molecule has 0 aliphatic rings. The van der Waals surface area contributed by atoms with Gasteiger partial charge in [0.2, 0.25) is 0 Å². The number of carbonyl (C=O) groups is 2. The molecule has 0 spiro atoms. The van der Waals surface area contributed by atoms with Crippen LogP contribution in [0.3, 0.4) is 0 Å². The van der Waals surface area contributed by atoms with Gasteiger partial charge in [-0.05, 0) is 44.0 Å². The van der Waals surface area contributed by atoms with E-state index in [9.17, 15) is 14.0 Å². The largest absolute Gasteiger partial charge is 0.461 e. The Morgan fingerprint density at radius 3 is 2.50 bits per heavy atom. The van der Waals surface area contributed by atoms with Crippen molar-refractivity contribution >= 4 is 11.8 Å². The van der Waals surface area contributed by atoms with E-state index in [1.54, 1.807) is 32.9 Å². The molecule has 0 atom stereocenters. The molecular formula is C18H21FN2O3. The molecule has 24 heavy (non-hydrogen) atoms. The summed E-state index contributed by atoms with van der Waals surface area (Å²) in [4.78, 5) is 27.2. The standard InChI is InChI=1S/C18H21FN2O3/c1-4-24-18(23)17-11(2)16(12(3)21-17)15(22)10-20-9-13-5-7-14(19)8-6-13/h5-8,20-21H,4,9-10H2,1-3H3. The minimum atomic E-state index is -0.462. The molecule has 0 saturated heterocycles. The molecule has 0 bridgehead atoms. The molecule has 0 unspecified atom stereocenters. The van der Waals surface area contributed by atoms with Gasteiger partial charge in [0.25, 0.3) is 0 Å². The van der Waals surface area contributed by atoms with Crippen LogP contribution in [0.2, 0.25) is 0 Å². The number of halogens is 1. The molecule has 128 valence electrons. The fraction of sp³-hybridized carbons (Fsp3) is 0.333. The second-order valence-corrected chi connectivity index (χ2v) is 5.50. The Hall–Kier alpha value is -2.47. The third-order valence-electron chi connectivity index (χ3n) is 3.72. The van der Waals surface area contributed by atoms with Gasteiger partial charge in [-0.25, -0.2) is 9.18 Å². The fourth-order valence-electron chi connectivity index (χ4n) is 2.59. The summed E-state index contributed by atoms with van der Waals surface area (Å²) in [5.41, 5.74) is 2.95. The Labute approximate surface area is 140 Å². The average Bonchev–Trinajstić information content (AvgIpc) is 2.84. The first kappa shape index (κ1) is 17.9. The molecule has 0 aliphatic heterocycles. The van der Waals surface area contributed by atoms with Crippen molar-refractivity contribution in [3.8, 4) is 0 Å². The predicted octanol–water partition coefficient (Wildman–Crippen LogP) is 2.92. The third kappa shape index (κ3) is 4.08. The lowest BCUT2D eigenvalue weighted by atomic mass is 10.1. The first-order valence-electron chi connectivity index (χ1n) is 7.78. The van der Waals surface area contributed by atoms with Crippen LogP contribution in [-0.4, -0.2) is 29.9 Å². The number of aryl methyl sites for hydroxylation is 1. The van der Waals surface area contributed by atoms with Gasteiger partial charge in [-0.15, -0.1) is 0 Å². The van der Waals surface area contributed by atoms with E-state index in [1.165, 1.54) is 12.1 Å². The van der Waals surface area contributed by atoms with Gasteiger partial charge in [0.1, 0.15) is 11.5 Å². The molecule has 2 N–H and O–H groups in total. The number of nitrogens with one attached hydrogen (secondary N) is 2. The second-order valence-electron chi connectivity index (χ2n) is 5.50. The van der Waals surface area contributed by atoms with Crippen molar-refractivity contribution in [3.05, 3.63) is 58.2 Å². The van der Waals surface area contributed by atoms with Crippen LogP contribution in [0.25, 0.3) is 0 Å².